The molecule has 0 N–H and O–H groups in total. The highest BCUT2D eigenvalue weighted by Crippen LogP contribution is 2.18. The normalized spacial score (nSPS) is 11.7. The monoisotopic (exact) mass is 188 g/mol. The molecule has 0 heterocycles. The summed E-state index contributed by atoms with van der Waals surface area (Å²) in [6.07, 6.45) is 7.32. The molecule has 0 saturated carbocycles. The zero-order chi connectivity index (χ0) is 10.2. The van der Waals surface area contributed by atoms with Crippen molar-refractivity contribution in [3.8, 4) is 0 Å². The van der Waals surface area contributed by atoms with E-state index in [1.807, 2.05) is 0 Å². The fourth-order valence-corrected chi connectivity index (χ4v) is 1.60. The first kappa shape index (κ1) is 11.0. The van der Waals surface area contributed by atoms with Crippen LogP contribution in [0.2, 0.25) is 0 Å². The molecule has 0 aromatic heterocycles. The van der Waals surface area contributed by atoms with E-state index >= 15 is 0 Å². The van der Waals surface area contributed by atoms with E-state index in [4.69, 9.17) is 0 Å². The minimum atomic E-state index is 1.13. The maximum atomic E-state index is 2.39. The van der Waals surface area contributed by atoms with Gasteiger partial charge in [0.05, 0.1) is 0 Å². The minimum Gasteiger partial charge on any atom is -0.0807 e. The highest BCUT2D eigenvalue weighted by atomic mass is 14.0. The van der Waals surface area contributed by atoms with Crippen molar-refractivity contribution in [3.05, 3.63) is 42.0 Å². The third kappa shape index (κ3) is 3.37. The molecule has 0 saturated heterocycles. The Kier molecular flexibility index (Phi) is 5.06. The number of hydrogen-bond acceptors (Lipinski definition) is 0. The molecule has 0 atom stereocenters. The van der Waals surface area contributed by atoms with Crippen LogP contribution in [0.3, 0.4) is 0 Å². The smallest absolute Gasteiger partial charge is 0.0228 e. The van der Waals surface area contributed by atoms with Gasteiger partial charge in [-0.1, -0.05) is 63.1 Å². The summed E-state index contributed by atoms with van der Waals surface area (Å²) >= 11 is 0. The van der Waals surface area contributed by atoms with Gasteiger partial charge in [-0.05, 0) is 24.0 Å². The van der Waals surface area contributed by atoms with Crippen LogP contribution in [0.5, 0.6) is 0 Å². The van der Waals surface area contributed by atoms with Gasteiger partial charge in [-0.15, -0.1) is 0 Å². The van der Waals surface area contributed by atoms with E-state index in [0.29, 0.717) is 0 Å². The summed E-state index contributed by atoms with van der Waals surface area (Å²) in [4.78, 5) is 0. The van der Waals surface area contributed by atoms with Gasteiger partial charge in [0, 0.05) is 0 Å². The number of benzene rings is 1. The molecule has 0 heteroatoms. The first-order valence-corrected chi connectivity index (χ1v) is 5.63. The average Bonchev–Trinajstić information content (AvgIpc) is 2.26. The molecular weight excluding hydrogens is 168 g/mol. The first-order chi connectivity index (χ1) is 6.88. The Labute approximate surface area is 87.7 Å². The van der Waals surface area contributed by atoms with Gasteiger partial charge in [-0.2, -0.15) is 0 Å². The maximum absolute atomic E-state index is 2.39. The van der Waals surface area contributed by atoms with Gasteiger partial charge in [0.25, 0.3) is 0 Å². The first-order valence-electron chi connectivity index (χ1n) is 5.63. The molecule has 0 fully saturated rings. The summed E-state index contributed by atoms with van der Waals surface area (Å²) in [6.45, 7) is 4.47. The molecule has 0 aliphatic rings. The molecule has 0 bridgehead atoms. The van der Waals surface area contributed by atoms with E-state index in [1.54, 1.807) is 0 Å². The van der Waals surface area contributed by atoms with Crippen LogP contribution in [-0.4, -0.2) is 0 Å². The van der Waals surface area contributed by atoms with Gasteiger partial charge in [-0.25, -0.2) is 0 Å². The summed E-state index contributed by atoms with van der Waals surface area (Å²) in [5.74, 6) is 0. The second-order valence-corrected chi connectivity index (χ2v) is 3.59. The lowest BCUT2D eigenvalue weighted by molar-refractivity contribution is 0.814. The molecule has 0 spiro atoms. The standard InChI is InChI=1S/C14H20/c1-3-5-7-10-13(4-2)14-11-8-6-9-12-14/h6,8-12H,3-5,7H2,1-2H3. The average molecular weight is 188 g/mol. The van der Waals surface area contributed by atoms with Crippen LogP contribution < -0.4 is 0 Å². The summed E-state index contributed by atoms with van der Waals surface area (Å²) in [5, 5.41) is 0. The SMILES string of the molecule is CCCCC=C(CC)c1ccccc1. The highest BCUT2D eigenvalue weighted by Gasteiger charge is 1.96. The Balaban J connectivity index is 2.67. The van der Waals surface area contributed by atoms with Gasteiger partial charge < -0.3 is 0 Å². The van der Waals surface area contributed by atoms with Crippen LogP contribution in [0.15, 0.2) is 36.4 Å². The number of hydrogen-bond donors (Lipinski definition) is 0. The van der Waals surface area contributed by atoms with Gasteiger partial charge in [0.1, 0.15) is 0 Å². The van der Waals surface area contributed by atoms with Gasteiger partial charge in [0.2, 0.25) is 0 Å². The Morgan fingerprint density at radius 1 is 1.14 bits per heavy atom. The summed E-state index contributed by atoms with van der Waals surface area (Å²) < 4.78 is 0. The second-order valence-electron chi connectivity index (χ2n) is 3.59. The second kappa shape index (κ2) is 6.42. The fraction of sp³-hybridized carbons (Fsp3) is 0.429. The highest BCUT2D eigenvalue weighted by molar-refractivity contribution is 5.65. The van der Waals surface area contributed by atoms with Crippen molar-refractivity contribution in [1.82, 2.24) is 0 Å². The topological polar surface area (TPSA) is 0 Å². The van der Waals surface area contributed by atoms with E-state index in [-0.39, 0.29) is 0 Å². The fourth-order valence-electron chi connectivity index (χ4n) is 1.60. The van der Waals surface area contributed by atoms with Crippen LogP contribution in [0.4, 0.5) is 0 Å². The molecule has 76 valence electrons. The Morgan fingerprint density at radius 2 is 1.86 bits per heavy atom. The van der Waals surface area contributed by atoms with Crippen molar-refractivity contribution < 1.29 is 0 Å². The van der Waals surface area contributed by atoms with Gasteiger partial charge in [0.15, 0.2) is 0 Å². The van der Waals surface area contributed by atoms with Crippen molar-refractivity contribution >= 4 is 5.57 Å². The van der Waals surface area contributed by atoms with Gasteiger partial charge in [-0.3, -0.25) is 0 Å². The van der Waals surface area contributed by atoms with E-state index in [1.165, 1.54) is 30.4 Å². The van der Waals surface area contributed by atoms with E-state index < -0.39 is 0 Å². The van der Waals surface area contributed by atoms with E-state index in [2.05, 4.69) is 50.3 Å². The van der Waals surface area contributed by atoms with Crippen molar-refractivity contribution in [2.75, 3.05) is 0 Å². The van der Waals surface area contributed by atoms with Crippen LogP contribution in [-0.2, 0) is 0 Å². The molecule has 0 aliphatic carbocycles. The number of allylic oxidation sites excluding steroid dienone is 2. The number of unbranched alkanes of at least 4 members (excludes halogenated alkanes) is 2. The largest absolute Gasteiger partial charge is 0.0807 e. The zero-order valence-electron chi connectivity index (χ0n) is 9.29. The molecule has 0 nitrogen and oxygen atoms in total. The molecule has 0 radical (unpaired) electrons. The van der Waals surface area contributed by atoms with Crippen LogP contribution in [0, 0.1) is 0 Å². The third-order valence-corrected chi connectivity index (χ3v) is 2.47. The molecule has 0 unspecified atom stereocenters. The van der Waals surface area contributed by atoms with Crippen LogP contribution >= 0.6 is 0 Å². The molecular formula is C14H20. The Morgan fingerprint density at radius 3 is 2.43 bits per heavy atom. The number of rotatable bonds is 5. The molecule has 1 aromatic rings. The van der Waals surface area contributed by atoms with Crippen molar-refractivity contribution in [3.63, 3.8) is 0 Å². The van der Waals surface area contributed by atoms with Crippen molar-refractivity contribution in [2.24, 2.45) is 0 Å². The molecule has 1 aromatic carbocycles. The van der Waals surface area contributed by atoms with Gasteiger partial charge >= 0.3 is 0 Å². The predicted molar refractivity (Wildman–Crippen MR) is 64.2 cm³/mol. The quantitative estimate of drug-likeness (QED) is 0.589. The minimum absolute atomic E-state index is 1.13. The third-order valence-electron chi connectivity index (χ3n) is 2.47. The molecule has 0 amide bonds. The zero-order valence-corrected chi connectivity index (χ0v) is 9.29. The van der Waals surface area contributed by atoms with E-state index in [0.717, 1.165) is 6.42 Å². The molecule has 1 rings (SSSR count). The predicted octanol–water partition coefficient (Wildman–Crippen LogP) is 4.67. The molecule has 0 aliphatic heterocycles. The van der Waals surface area contributed by atoms with Crippen LogP contribution in [0.1, 0.15) is 45.1 Å². The summed E-state index contributed by atoms with van der Waals surface area (Å²) in [6, 6.07) is 10.7. The molecule has 14 heavy (non-hydrogen) atoms. The van der Waals surface area contributed by atoms with Crippen LogP contribution in [0.25, 0.3) is 5.57 Å². The van der Waals surface area contributed by atoms with E-state index in [9.17, 15) is 0 Å². The Bertz CT molecular complexity index is 269. The van der Waals surface area contributed by atoms with Crippen molar-refractivity contribution in [1.29, 1.82) is 0 Å². The maximum Gasteiger partial charge on any atom is -0.0228 e. The summed E-state index contributed by atoms with van der Waals surface area (Å²) in [5.41, 5.74) is 2.87. The lowest BCUT2D eigenvalue weighted by atomic mass is 10.0. The Hall–Kier alpha value is -1.04. The summed E-state index contributed by atoms with van der Waals surface area (Å²) in [7, 11) is 0. The van der Waals surface area contributed by atoms with Crippen molar-refractivity contribution in [2.45, 2.75) is 39.5 Å². The lowest BCUT2D eigenvalue weighted by Crippen LogP contribution is -1.82. The lowest BCUT2D eigenvalue weighted by Gasteiger charge is -2.04.